The Morgan fingerprint density at radius 3 is 2.83 bits per heavy atom. The van der Waals surface area contributed by atoms with E-state index in [1.807, 2.05) is 24.3 Å². The van der Waals surface area contributed by atoms with Crippen LogP contribution in [-0.2, 0) is 4.79 Å². The van der Waals surface area contributed by atoms with E-state index in [9.17, 15) is 14.7 Å². The number of likely N-dealkylation sites (tertiary alicyclic amines) is 1. The molecule has 6 heteroatoms. The molecular weight excluding hydrogens is 360 g/mol. The van der Waals surface area contributed by atoms with E-state index in [0.29, 0.717) is 25.2 Å². The highest BCUT2D eigenvalue weighted by atomic mass is 79.9. The van der Waals surface area contributed by atoms with Gasteiger partial charge in [0.05, 0.1) is 9.89 Å². The highest BCUT2D eigenvalue weighted by Crippen LogP contribution is 2.49. The number of amides is 1. The molecule has 1 aliphatic heterocycles. The predicted molar refractivity (Wildman–Crippen MR) is 89.3 cm³/mol. The lowest BCUT2D eigenvalue weighted by molar-refractivity contribution is -0.149. The van der Waals surface area contributed by atoms with Gasteiger partial charge in [0.1, 0.15) is 5.69 Å². The minimum atomic E-state index is -0.758. The monoisotopic (exact) mass is 376 g/mol. The molecule has 1 amide bonds. The van der Waals surface area contributed by atoms with Gasteiger partial charge in [-0.05, 0) is 40.8 Å². The Balaban J connectivity index is 1.67. The number of aromatic amines is 1. The summed E-state index contributed by atoms with van der Waals surface area (Å²) in [4.78, 5) is 29.5. The molecule has 0 radical (unpaired) electrons. The summed E-state index contributed by atoms with van der Waals surface area (Å²) < 4.78 is 0.750. The molecule has 1 aromatic carbocycles. The van der Waals surface area contributed by atoms with Crippen LogP contribution in [0.4, 0.5) is 0 Å². The molecule has 2 N–H and O–H groups in total. The van der Waals surface area contributed by atoms with Crippen molar-refractivity contribution in [3.63, 3.8) is 0 Å². The second-order valence-electron chi connectivity index (χ2n) is 6.60. The van der Waals surface area contributed by atoms with Crippen molar-refractivity contribution >= 4 is 38.7 Å². The van der Waals surface area contributed by atoms with Crippen LogP contribution in [0, 0.1) is 11.3 Å². The van der Waals surface area contributed by atoms with Gasteiger partial charge in [0.25, 0.3) is 5.91 Å². The van der Waals surface area contributed by atoms with Crippen LogP contribution in [0.25, 0.3) is 10.9 Å². The predicted octanol–water partition coefficient (Wildman–Crippen LogP) is 3.26. The first-order valence-corrected chi connectivity index (χ1v) is 8.61. The number of H-pyrrole nitrogens is 1. The van der Waals surface area contributed by atoms with E-state index in [2.05, 4.69) is 20.9 Å². The van der Waals surface area contributed by atoms with Crippen molar-refractivity contribution in [3.8, 4) is 0 Å². The van der Waals surface area contributed by atoms with E-state index in [0.717, 1.165) is 28.2 Å². The third kappa shape index (κ3) is 2.04. The summed E-state index contributed by atoms with van der Waals surface area (Å²) in [6, 6.07) is 7.71. The molecule has 2 atom stereocenters. The van der Waals surface area contributed by atoms with Gasteiger partial charge in [0, 0.05) is 24.0 Å². The van der Waals surface area contributed by atoms with Gasteiger partial charge in [-0.2, -0.15) is 0 Å². The number of halogens is 1. The Bertz CT molecular complexity index is 815. The molecule has 1 saturated heterocycles. The fraction of sp³-hybridized carbons (Fsp3) is 0.412. The number of nitrogens with one attached hydrogen (secondary N) is 1. The number of para-hydroxylation sites is 1. The van der Waals surface area contributed by atoms with E-state index >= 15 is 0 Å². The highest BCUT2D eigenvalue weighted by Gasteiger charge is 2.56. The van der Waals surface area contributed by atoms with Crippen LogP contribution in [-0.4, -0.2) is 40.0 Å². The smallest absolute Gasteiger partial charge is 0.311 e. The van der Waals surface area contributed by atoms with Crippen molar-refractivity contribution in [2.45, 2.75) is 19.3 Å². The van der Waals surface area contributed by atoms with E-state index < -0.39 is 11.4 Å². The zero-order valence-electron chi connectivity index (χ0n) is 12.5. The van der Waals surface area contributed by atoms with Crippen molar-refractivity contribution in [1.29, 1.82) is 0 Å². The average molecular weight is 377 g/mol. The van der Waals surface area contributed by atoms with Gasteiger partial charge >= 0.3 is 5.97 Å². The fourth-order valence-electron chi connectivity index (χ4n) is 4.21. The van der Waals surface area contributed by atoms with Crippen LogP contribution >= 0.6 is 15.9 Å². The zero-order valence-corrected chi connectivity index (χ0v) is 14.1. The third-order valence-corrected chi connectivity index (χ3v) is 6.26. The number of aliphatic carboxylic acids is 1. The van der Waals surface area contributed by atoms with Gasteiger partial charge in [-0.3, -0.25) is 9.59 Å². The molecule has 2 aliphatic rings. The van der Waals surface area contributed by atoms with Crippen molar-refractivity contribution in [1.82, 2.24) is 9.88 Å². The lowest BCUT2D eigenvalue weighted by atomic mass is 9.81. The summed E-state index contributed by atoms with van der Waals surface area (Å²) in [5.74, 6) is -0.804. The molecule has 1 aliphatic carbocycles. The molecule has 0 spiro atoms. The maximum Gasteiger partial charge on any atom is 0.311 e. The topological polar surface area (TPSA) is 73.4 Å². The summed E-state index contributed by atoms with van der Waals surface area (Å²) in [6.07, 6.45) is 2.50. The Kier molecular flexibility index (Phi) is 3.27. The molecule has 2 fully saturated rings. The van der Waals surface area contributed by atoms with Gasteiger partial charge < -0.3 is 15.0 Å². The van der Waals surface area contributed by atoms with Crippen LogP contribution in [0.2, 0.25) is 0 Å². The number of carboxylic acid groups (broad SMARTS) is 1. The molecule has 4 rings (SSSR count). The number of benzene rings is 1. The van der Waals surface area contributed by atoms with Crippen molar-refractivity contribution in [3.05, 3.63) is 34.4 Å². The summed E-state index contributed by atoms with van der Waals surface area (Å²) in [5, 5.41) is 10.6. The van der Waals surface area contributed by atoms with Crippen molar-refractivity contribution in [2.75, 3.05) is 13.1 Å². The second kappa shape index (κ2) is 5.09. The minimum Gasteiger partial charge on any atom is -0.481 e. The average Bonchev–Trinajstić information content (AvgIpc) is 3.18. The van der Waals surface area contributed by atoms with Crippen molar-refractivity contribution in [2.24, 2.45) is 11.3 Å². The Morgan fingerprint density at radius 1 is 1.35 bits per heavy atom. The number of hydrogen-bond acceptors (Lipinski definition) is 2. The van der Waals surface area contributed by atoms with E-state index in [1.54, 1.807) is 4.90 Å². The van der Waals surface area contributed by atoms with Gasteiger partial charge in [0.2, 0.25) is 0 Å². The highest BCUT2D eigenvalue weighted by molar-refractivity contribution is 9.10. The Hall–Kier alpha value is -1.82. The Labute approximate surface area is 141 Å². The number of carbonyl (C=O) groups is 2. The molecule has 5 nitrogen and oxygen atoms in total. The molecule has 1 saturated carbocycles. The second-order valence-corrected chi connectivity index (χ2v) is 7.39. The van der Waals surface area contributed by atoms with Crippen LogP contribution in [0.5, 0.6) is 0 Å². The summed E-state index contributed by atoms with van der Waals surface area (Å²) in [6.45, 7) is 0.848. The molecular formula is C17H17BrN2O3. The normalized spacial score (nSPS) is 26.7. The number of nitrogens with zero attached hydrogens (tertiary/aromatic N) is 1. The largest absolute Gasteiger partial charge is 0.481 e. The molecule has 2 heterocycles. The quantitative estimate of drug-likeness (QED) is 0.844. The van der Waals surface area contributed by atoms with E-state index in [-0.39, 0.29) is 11.8 Å². The SMILES string of the molecule is O=C(c1[nH]c2ccccc2c1Br)N1C[C@@H]2CCC[C@@]2(C(=O)O)C1. The Morgan fingerprint density at radius 2 is 2.13 bits per heavy atom. The van der Waals surface area contributed by atoms with Gasteiger partial charge in [-0.15, -0.1) is 0 Å². The van der Waals surface area contributed by atoms with Crippen LogP contribution < -0.4 is 0 Å². The molecule has 23 heavy (non-hydrogen) atoms. The zero-order chi connectivity index (χ0) is 16.2. The lowest BCUT2D eigenvalue weighted by Crippen LogP contribution is -2.37. The number of aromatic nitrogens is 1. The first-order chi connectivity index (χ1) is 11.0. The molecule has 1 aromatic heterocycles. The first kappa shape index (κ1) is 14.8. The molecule has 2 aromatic rings. The number of fused-ring (bicyclic) bond motifs is 2. The minimum absolute atomic E-state index is 0.0760. The third-order valence-electron chi connectivity index (χ3n) is 5.44. The number of rotatable bonds is 2. The molecule has 0 unspecified atom stereocenters. The standard InChI is InChI=1S/C17H17BrN2O3/c18-13-11-5-1-2-6-12(11)19-14(13)15(21)20-8-10-4-3-7-17(10,9-20)16(22)23/h1-2,5-6,10,19H,3-4,7-9H2,(H,22,23)/t10-,17+/m0/s1. The fourth-order valence-corrected chi connectivity index (χ4v) is 4.82. The van der Waals surface area contributed by atoms with Crippen LogP contribution in [0.15, 0.2) is 28.7 Å². The first-order valence-electron chi connectivity index (χ1n) is 7.82. The maximum absolute atomic E-state index is 12.9. The van der Waals surface area contributed by atoms with E-state index in [4.69, 9.17) is 0 Å². The molecule has 0 bridgehead atoms. The van der Waals surface area contributed by atoms with Gasteiger partial charge in [-0.1, -0.05) is 24.6 Å². The van der Waals surface area contributed by atoms with E-state index in [1.165, 1.54) is 0 Å². The maximum atomic E-state index is 12.9. The van der Waals surface area contributed by atoms with Crippen LogP contribution in [0.1, 0.15) is 29.8 Å². The summed E-state index contributed by atoms with van der Waals surface area (Å²) in [5.41, 5.74) is 0.663. The number of hydrogen-bond donors (Lipinski definition) is 2. The lowest BCUT2D eigenvalue weighted by Gasteiger charge is -2.23. The number of carbonyl (C=O) groups excluding carboxylic acids is 1. The summed E-state index contributed by atoms with van der Waals surface area (Å²) >= 11 is 3.51. The molecule has 120 valence electrons. The number of carboxylic acids is 1. The van der Waals surface area contributed by atoms with Crippen molar-refractivity contribution < 1.29 is 14.7 Å². The van der Waals surface area contributed by atoms with Crippen LogP contribution in [0.3, 0.4) is 0 Å². The van der Waals surface area contributed by atoms with Gasteiger partial charge in [-0.25, -0.2) is 0 Å². The summed E-state index contributed by atoms with van der Waals surface area (Å²) in [7, 11) is 0. The van der Waals surface area contributed by atoms with Gasteiger partial charge in [0.15, 0.2) is 0 Å².